The van der Waals surface area contributed by atoms with Gasteiger partial charge in [-0.25, -0.2) is 0 Å². The highest BCUT2D eigenvalue weighted by Crippen LogP contribution is 2.28. The van der Waals surface area contributed by atoms with Crippen LogP contribution in [0.5, 0.6) is 11.5 Å². The van der Waals surface area contributed by atoms with Crippen LogP contribution in [0.15, 0.2) is 48.0 Å². The molecule has 2 aromatic carbocycles. The van der Waals surface area contributed by atoms with Gasteiger partial charge in [0.1, 0.15) is 0 Å². The van der Waals surface area contributed by atoms with Gasteiger partial charge in [-0.05, 0) is 68.8 Å². The summed E-state index contributed by atoms with van der Waals surface area (Å²) in [5.41, 5.74) is 3.40. The molecule has 0 bridgehead atoms. The minimum Gasteiger partial charge on any atom is -0.493 e. The minimum absolute atomic E-state index is 0.139. The van der Waals surface area contributed by atoms with E-state index in [2.05, 4.69) is 24.1 Å². The maximum Gasteiger partial charge on any atom is 0.251 e. The molecule has 0 aliphatic rings. The number of nitrogens with zero attached hydrogens (tertiary/aromatic N) is 1. The largest absolute Gasteiger partial charge is 0.493 e. The number of benzene rings is 2. The fraction of sp³-hybridized carbons (Fsp3) is 0.318. The Kier molecular flexibility index (Phi) is 7.29. The van der Waals surface area contributed by atoms with E-state index in [4.69, 9.17) is 9.47 Å². The van der Waals surface area contributed by atoms with Gasteiger partial charge in [0, 0.05) is 30.0 Å². The highest BCUT2D eigenvalue weighted by molar-refractivity contribution is 6.06. The minimum atomic E-state index is -0.139. The van der Waals surface area contributed by atoms with Crippen LogP contribution >= 0.6 is 0 Å². The number of nitrogens with one attached hydrogen (secondary N) is 1. The molecule has 5 nitrogen and oxygen atoms in total. The SMILES string of the molecule is CCN(CC)c1ccc(NC(=O)/C(C)=C/c2ccc(OC)c(OC)c2)cc1. The summed E-state index contributed by atoms with van der Waals surface area (Å²) in [4.78, 5) is 14.7. The van der Waals surface area contributed by atoms with Gasteiger partial charge in [-0.1, -0.05) is 6.07 Å². The first-order valence-corrected chi connectivity index (χ1v) is 9.09. The molecule has 2 rings (SSSR count). The Morgan fingerprint density at radius 3 is 2.19 bits per heavy atom. The number of methoxy groups -OCH3 is 2. The van der Waals surface area contributed by atoms with E-state index in [1.165, 1.54) is 0 Å². The van der Waals surface area contributed by atoms with Gasteiger partial charge in [-0.15, -0.1) is 0 Å². The van der Waals surface area contributed by atoms with Crippen molar-refractivity contribution in [1.82, 2.24) is 0 Å². The summed E-state index contributed by atoms with van der Waals surface area (Å²) < 4.78 is 10.5. The Hall–Kier alpha value is -2.95. The van der Waals surface area contributed by atoms with Crippen LogP contribution in [-0.2, 0) is 4.79 Å². The molecule has 27 heavy (non-hydrogen) atoms. The van der Waals surface area contributed by atoms with Crippen molar-refractivity contribution in [1.29, 1.82) is 0 Å². The summed E-state index contributed by atoms with van der Waals surface area (Å²) in [6.45, 7) is 7.95. The van der Waals surface area contributed by atoms with Crippen molar-refractivity contribution in [3.63, 3.8) is 0 Å². The van der Waals surface area contributed by atoms with Crippen LogP contribution in [0.25, 0.3) is 6.08 Å². The van der Waals surface area contributed by atoms with E-state index >= 15 is 0 Å². The summed E-state index contributed by atoms with van der Waals surface area (Å²) >= 11 is 0. The zero-order valence-electron chi connectivity index (χ0n) is 16.7. The highest BCUT2D eigenvalue weighted by atomic mass is 16.5. The zero-order chi connectivity index (χ0) is 19.8. The molecule has 2 aromatic rings. The first kappa shape index (κ1) is 20.4. The molecule has 0 heterocycles. The predicted octanol–water partition coefficient (Wildman–Crippen LogP) is 4.59. The van der Waals surface area contributed by atoms with Crippen molar-refractivity contribution in [2.45, 2.75) is 20.8 Å². The molecule has 0 radical (unpaired) electrons. The standard InChI is InChI=1S/C22H28N2O3/c1-6-24(7-2)19-11-9-18(10-12-19)23-22(25)16(3)14-17-8-13-20(26-4)21(15-17)27-5/h8-15H,6-7H2,1-5H3,(H,23,25)/b16-14+. The molecule has 1 N–H and O–H groups in total. The fourth-order valence-corrected chi connectivity index (χ4v) is 2.83. The van der Waals surface area contributed by atoms with Crippen LogP contribution in [0.4, 0.5) is 11.4 Å². The van der Waals surface area contributed by atoms with Crippen LogP contribution in [-0.4, -0.2) is 33.2 Å². The molecular formula is C22H28N2O3. The van der Waals surface area contributed by atoms with Gasteiger partial charge in [0.05, 0.1) is 14.2 Å². The van der Waals surface area contributed by atoms with Crippen molar-refractivity contribution in [3.8, 4) is 11.5 Å². The maximum absolute atomic E-state index is 12.5. The lowest BCUT2D eigenvalue weighted by Gasteiger charge is -2.21. The molecule has 5 heteroatoms. The molecule has 0 aliphatic heterocycles. The van der Waals surface area contributed by atoms with Crippen LogP contribution < -0.4 is 19.7 Å². The second kappa shape index (κ2) is 9.67. The fourth-order valence-electron chi connectivity index (χ4n) is 2.83. The molecule has 0 aromatic heterocycles. The van der Waals surface area contributed by atoms with E-state index in [1.54, 1.807) is 21.1 Å². The summed E-state index contributed by atoms with van der Waals surface area (Å²) in [6, 6.07) is 13.4. The van der Waals surface area contributed by atoms with E-state index in [1.807, 2.05) is 48.5 Å². The third kappa shape index (κ3) is 5.26. The molecule has 0 atom stereocenters. The second-order valence-corrected chi connectivity index (χ2v) is 6.12. The normalized spacial score (nSPS) is 11.1. The number of amides is 1. The number of carbonyl (C=O) groups is 1. The third-order valence-electron chi connectivity index (χ3n) is 4.40. The van der Waals surface area contributed by atoms with E-state index in [-0.39, 0.29) is 5.91 Å². The van der Waals surface area contributed by atoms with Gasteiger partial charge in [0.25, 0.3) is 5.91 Å². The Labute approximate surface area is 161 Å². The molecule has 144 valence electrons. The summed E-state index contributed by atoms with van der Waals surface area (Å²) in [5.74, 6) is 1.15. The van der Waals surface area contributed by atoms with Crippen molar-refractivity contribution in [2.24, 2.45) is 0 Å². The summed E-state index contributed by atoms with van der Waals surface area (Å²) in [6.07, 6.45) is 1.82. The molecule has 0 saturated heterocycles. The highest BCUT2D eigenvalue weighted by Gasteiger charge is 2.08. The smallest absolute Gasteiger partial charge is 0.251 e. The maximum atomic E-state index is 12.5. The lowest BCUT2D eigenvalue weighted by molar-refractivity contribution is -0.112. The number of hydrogen-bond acceptors (Lipinski definition) is 4. The number of hydrogen-bond donors (Lipinski definition) is 1. The average Bonchev–Trinajstić information content (AvgIpc) is 2.69. The predicted molar refractivity (Wildman–Crippen MR) is 112 cm³/mol. The quantitative estimate of drug-likeness (QED) is 0.692. The lowest BCUT2D eigenvalue weighted by atomic mass is 10.1. The number of carbonyl (C=O) groups excluding carboxylic acids is 1. The van der Waals surface area contributed by atoms with Crippen molar-refractivity contribution in [3.05, 3.63) is 53.6 Å². The lowest BCUT2D eigenvalue weighted by Crippen LogP contribution is -2.21. The van der Waals surface area contributed by atoms with Crippen molar-refractivity contribution in [2.75, 3.05) is 37.5 Å². The number of anilines is 2. The Morgan fingerprint density at radius 2 is 1.63 bits per heavy atom. The van der Waals surface area contributed by atoms with E-state index in [0.29, 0.717) is 17.1 Å². The van der Waals surface area contributed by atoms with Crippen LogP contribution in [0, 0.1) is 0 Å². The van der Waals surface area contributed by atoms with E-state index < -0.39 is 0 Å². The molecule has 0 unspecified atom stereocenters. The molecule has 0 spiro atoms. The average molecular weight is 368 g/mol. The summed E-state index contributed by atoms with van der Waals surface area (Å²) in [7, 11) is 3.18. The second-order valence-electron chi connectivity index (χ2n) is 6.12. The van der Waals surface area contributed by atoms with Gasteiger partial charge in [0.2, 0.25) is 0 Å². The molecular weight excluding hydrogens is 340 g/mol. The summed E-state index contributed by atoms with van der Waals surface area (Å²) in [5, 5.41) is 2.93. The number of ether oxygens (including phenoxy) is 2. The van der Waals surface area contributed by atoms with Crippen LogP contribution in [0.1, 0.15) is 26.3 Å². The molecule has 0 saturated carbocycles. The van der Waals surface area contributed by atoms with Crippen LogP contribution in [0.3, 0.4) is 0 Å². The van der Waals surface area contributed by atoms with Crippen molar-refractivity contribution < 1.29 is 14.3 Å². The van der Waals surface area contributed by atoms with E-state index in [9.17, 15) is 4.79 Å². The Morgan fingerprint density at radius 1 is 1.00 bits per heavy atom. The van der Waals surface area contributed by atoms with Gasteiger partial charge in [0.15, 0.2) is 11.5 Å². The van der Waals surface area contributed by atoms with Gasteiger partial charge < -0.3 is 19.7 Å². The topological polar surface area (TPSA) is 50.8 Å². The Balaban J connectivity index is 2.10. The zero-order valence-corrected chi connectivity index (χ0v) is 16.7. The number of rotatable bonds is 8. The van der Waals surface area contributed by atoms with Gasteiger partial charge >= 0.3 is 0 Å². The first-order chi connectivity index (χ1) is 13.0. The third-order valence-corrected chi connectivity index (χ3v) is 4.40. The van der Waals surface area contributed by atoms with Gasteiger partial charge in [-0.2, -0.15) is 0 Å². The molecule has 1 amide bonds. The molecule has 0 aliphatic carbocycles. The van der Waals surface area contributed by atoms with E-state index in [0.717, 1.165) is 30.0 Å². The van der Waals surface area contributed by atoms with Crippen molar-refractivity contribution >= 4 is 23.4 Å². The van der Waals surface area contributed by atoms with Crippen LogP contribution in [0.2, 0.25) is 0 Å². The first-order valence-electron chi connectivity index (χ1n) is 9.09. The Bertz CT molecular complexity index is 794. The van der Waals surface area contributed by atoms with Gasteiger partial charge in [-0.3, -0.25) is 4.79 Å². The monoisotopic (exact) mass is 368 g/mol. The molecule has 0 fully saturated rings.